The summed E-state index contributed by atoms with van der Waals surface area (Å²) < 4.78 is 0. The zero-order valence-corrected chi connectivity index (χ0v) is 12.0. The van der Waals surface area contributed by atoms with E-state index in [9.17, 15) is 10.1 Å². The largest absolute Gasteiger partial charge is 0.318 e. The first-order valence-electron chi connectivity index (χ1n) is 6.98. The van der Waals surface area contributed by atoms with Crippen molar-refractivity contribution in [2.45, 2.75) is 26.8 Å². The molecule has 0 bridgehead atoms. The van der Waals surface area contributed by atoms with E-state index >= 15 is 0 Å². The topological polar surface area (TPSA) is 84.4 Å². The van der Waals surface area contributed by atoms with Crippen molar-refractivity contribution >= 4 is 11.4 Å². The van der Waals surface area contributed by atoms with Gasteiger partial charge >= 0.3 is 0 Å². The van der Waals surface area contributed by atoms with Gasteiger partial charge in [-0.25, -0.2) is 0 Å². The highest BCUT2D eigenvalue weighted by atomic mass is 16.6. The van der Waals surface area contributed by atoms with Crippen molar-refractivity contribution in [2.24, 2.45) is 17.7 Å². The van der Waals surface area contributed by atoms with E-state index in [0.717, 1.165) is 18.7 Å². The fraction of sp³-hybridized carbons (Fsp3) is 0.571. The molecule has 1 fully saturated rings. The molecule has 0 aromatic heterocycles. The Labute approximate surface area is 119 Å². The minimum Gasteiger partial charge on any atom is -0.318 e. The van der Waals surface area contributed by atoms with Gasteiger partial charge in [-0.2, -0.15) is 0 Å². The van der Waals surface area contributed by atoms with Crippen LogP contribution < -0.4 is 11.3 Å². The Balaban J connectivity index is 2.14. The van der Waals surface area contributed by atoms with Gasteiger partial charge in [0.15, 0.2) is 0 Å². The summed E-state index contributed by atoms with van der Waals surface area (Å²) >= 11 is 0. The number of likely N-dealkylation sites (tertiary alicyclic amines) is 1. The number of rotatable bonds is 5. The van der Waals surface area contributed by atoms with Gasteiger partial charge in [0.2, 0.25) is 0 Å². The molecular weight excluding hydrogens is 256 g/mol. The number of para-hydroxylation sites is 1. The summed E-state index contributed by atoms with van der Waals surface area (Å²) in [6.45, 7) is 7.27. The molecule has 1 heterocycles. The average Bonchev–Trinajstić information content (AvgIpc) is 2.87. The zero-order chi connectivity index (χ0) is 14.7. The Morgan fingerprint density at radius 2 is 2.30 bits per heavy atom. The smallest absolute Gasteiger partial charge is 0.293 e. The van der Waals surface area contributed by atoms with E-state index in [1.807, 2.05) is 6.07 Å². The molecule has 110 valence electrons. The molecular formula is C14H22N4O2. The maximum absolute atomic E-state index is 11.0. The highest BCUT2D eigenvalue weighted by molar-refractivity contribution is 5.65. The zero-order valence-electron chi connectivity index (χ0n) is 12.0. The number of nitrogens with two attached hydrogens (primary N) is 1. The lowest BCUT2D eigenvalue weighted by Gasteiger charge is -2.19. The van der Waals surface area contributed by atoms with Crippen molar-refractivity contribution in [1.29, 1.82) is 0 Å². The summed E-state index contributed by atoms with van der Waals surface area (Å²) in [6, 6.07) is 5.08. The molecule has 0 aliphatic carbocycles. The monoisotopic (exact) mass is 278 g/mol. The summed E-state index contributed by atoms with van der Waals surface area (Å²) in [4.78, 5) is 12.9. The predicted molar refractivity (Wildman–Crippen MR) is 79.1 cm³/mol. The number of nitrogen functional groups attached to an aromatic ring is 1. The quantitative estimate of drug-likeness (QED) is 0.490. The van der Waals surface area contributed by atoms with Gasteiger partial charge in [0, 0.05) is 19.2 Å². The molecule has 0 saturated carbocycles. The summed E-state index contributed by atoms with van der Waals surface area (Å²) in [5.74, 6) is 6.86. The molecule has 0 amide bonds. The normalized spacial score (nSPS) is 19.5. The maximum Gasteiger partial charge on any atom is 0.293 e. The van der Waals surface area contributed by atoms with E-state index in [0.29, 0.717) is 24.1 Å². The van der Waals surface area contributed by atoms with Crippen LogP contribution in [0.4, 0.5) is 11.4 Å². The molecule has 1 saturated heterocycles. The number of nitrogens with one attached hydrogen (secondary N) is 1. The third kappa shape index (κ3) is 3.08. The molecule has 6 heteroatoms. The standard InChI is InChI=1S/C14H22N4O2/c1-10(2)11-6-7-17(8-11)9-12-4-3-5-13(18(19)20)14(12)16-15/h3-5,10-11,16H,6-9,15H2,1-2H3. The van der Waals surface area contributed by atoms with Crippen LogP contribution in [0, 0.1) is 22.0 Å². The van der Waals surface area contributed by atoms with E-state index in [2.05, 4.69) is 24.2 Å². The molecule has 1 unspecified atom stereocenters. The van der Waals surface area contributed by atoms with Gasteiger partial charge in [-0.15, -0.1) is 0 Å². The molecule has 1 aromatic rings. The van der Waals surface area contributed by atoms with Crippen molar-refractivity contribution < 1.29 is 4.92 Å². The van der Waals surface area contributed by atoms with Crippen LogP contribution in [-0.4, -0.2) is 22.9 Å². The van der Waals surface area contributed by atoms with Gasteiger partial charge in [-0.05, 0) is 30.4 Å². The van der Waals surface area contributed by atoms with Crippen LogP contribution in [-0.2, 0) is 6.54 Å². The Bertz CT molecular complexity index is 490. The number of benzene rings is 1. The number of hydrogen-bond acceptors (Lipinski definition) is 5. The van der Waals surface area contributed by atoms with E-state index in [4.69, 9.17) is 5.84 Å². The number of nitro groups is 1. The Hall–Kier alpha value is -1.66. The summed E-state index contributed by atoms with van der Waals surface area (Å²) in [5, 5.41) is 11.0. The van der Waals surface area contributed by atoms with Crippen LogP contribution in [0.15, 0.2) is 18.2 Å². The lowest BCUT2D eigenvalue weighted by molar-refractivity contribution is -0.384. The van der Waals surface area contributed by atoms with Crippen LogP contribution in [0.3, 0.4) is 0 Å². The lowest BCUT2D eigenvalue weighted by atomic mass is 9.95. The predicted octanol–water partition coefficient (Wildman–Crippen LogP) is 2.36. The molecule has 1 aliphatic heterocycles. The fourth-order valence-corrected chi connectivity index (χ4v) is 2.83. The number of anilines is 1. The summed E-state index contributed by atoms with van der Waals surface area (Å²) in [5.41, 5.74) is 3.82. The average molecular weight is 278 g/mol. The SMILES string of the molecule is CC(C)C1CCN(Cc2cccc([N+](=O)[O-])c2NN)C1. The molecule has 20 heavy (non-hydrogen) atoms. The molecule has 1 atom stereocenters. The second-order valence-corrected chi connectivity index (χ2v) is 5.74. The number of nitro benzene ring substituents is 1. The minimum atomic E-state index is -0.403. The third-order valence-electron chi connectivity index (χ3n) is 4.12. The third-order valence-corrected chi connectivity index (χ3v) is 4.12. The van der Waals surface area contributed by atoms with E-state index in [1.165, 1.54) is 12.5 Å². The second kappa shape index (κ2) is 6.19. The summed E-state index contributed by atoms with van der Waals surface area (Å²) in [7, 11) is 0. The van der Waals surface area contributed by atoms with Crippen molar-refractivity contribution in [1.82, 2.24) is 4.90 Å². The molecule has 0 radical (unpaired) electrons. The Kier molecular flexibility index (Phi) is 4.57. The number of nitrogens with zero attached hydrogens (tertiary/aromatic N) is 2. The highest BCUT2D eigenvalue weighted by Crippen LogP contribution is 2.30. The van der Waals surface area contributed by atoms with Gasteiger partial charge in [-0.1, -0.05) is 26.0 Å². The second-order valence-electron chi connectivity index (χ2n) is 5.74. The lowest BCUT2D eigenvalue weighted by Crippen LogP contribution is -2.23. The van der Waals surface area contributed by atoms with Crippen molar-refractivity contribution in [3.63, 3.8) is 0 Å². The molecule has 0 spiro atoms. The molecule has 2 rings (SSSR count). The Morgan fingerprint density at radius 3 is 2.85 bits per heavy atom. The van der Waals surface area contributed by atoms with Crippen LogP contribution >= 0.6 is 0 Å². The first-order valence-corrected chi connectivity index (χ1v) is 6.98. The van der Waals surface area contributed by atoms with Crippen molar-refractivity contribution in [3.05, 3.63) is 33.9 Å². The first kappa shape index (κ1) is 14.7. The van der Waals surface area contributed by atoms with Gasteiger partial charge in [0.1, 0.15) is 5.69 Å². The first-order chi connectivity index (χ1) is 9.52. The minimum absolute atomic E-state index is 0.0320. The Morgan fingerprint density at radius 1 is 1.55 bits per heavy atom. The van der Waals surface area contributed by atoms with Gasteiger partial charge in [0.25, 0.3) is 5.69 Å². The molecule has 3 N–H and O–H groups in total. The number of hydrazine groups is 1. The van der Waals surface area contributed by atoms with Crippen LogP contribution in [0.5, 0.6) is 0 Å². The summed E-state index contributed by atoms with van der Waals surface area (Å²) in [6.07, 6.45) is 1.19. The highest BCUT2D eigenvalue weighted by Gasteiger charge is 2.26. The fourth-order valence-electron chi connectivity index (χ4n) is 2.83. The number of hydrogen-bond donors (Lipinski definition) is 2. The molecule has 1 aromatic carbocycles. The van der Waals surface area contributed by atoms with E-state index < -0.39 is 4.92 Å². The van der Waals surface area contributed by atoms with E-state index in [1.54, 1.807) is 6.07 Å². The molecule has 6 nitrogen and oxygen atoms in total. The van der Waals surface area contributed by atoms with Crippen molar-refractivity contribution in [3.8, 4) is 0 Å². The van der Waals surface area contributed by atoms with Crippen molar-refractivity contribution in [2.75, 3.05) is 18.5 Å². The van der Waals surface area contributed by atoms with Crippen LogP contribution in [0.25, 0.3) is 0 Å². The van der Waals surface area contributed by atoms with E-state index in [-0.39, 0.29) is 5.69 Å². The van der Waals surface area contributed by atoms with Crippen LogP contribution in [0.1, 0.15) is 25.8 Å². The van der Waals surface area contributed by atoms with Gasteiger partial charge < -0.3 is 5.43 Å². The maximum atomic E-state index is 11.0. The molecule has 1 aliphatic rings. The van der Waals surface area contributed by atoms with Gasteiger partial charge in [-0.3, -0.25) is 20.9 Å². The van der Waals surface area contributed by atoms with Crippen LogP contribution in [0.2, 0.25) is 0 Å². The van der Waals surface area contributed by atoms with Gasteiger partial charge in [0.05, 0.1) is 4.92 Å².